The van der Waals surface area contributed by atoms with Crippen LogP contribution in [0.5, 0.6) is 0 Å². The molecule has 1 saturated heterocycles. The highest BCUT2D eigenvalue weighted by Gasteiger charge is 2.19. The molecule has 92 valence electrons. The van der Waals surface area contributed by atoms with E-state index >= 15 is 0 Å². The molecule has 1 fully saturated rings. The summed E-state index contributed by atoms with van der Waals surface area (Å²) >= 11 is 0. The number of unbranched alkanes of at least 4 members (excludes halogenated alkanes) is 2. The summed E-state index contributed by atoms with van der Waals surface area (Å²) < 4.78 is 5.80. The molecule has 0 aliphatic carbocycles. The van der Waals surface area contributed by atoms with Gasteiger partial charge in [-0.15, -0.1) is 0 Å². The predicted octanol–water partition coefficient (Wildman–Crippen LogP) is 2.57. The van der Waals surface area contributed by atoms with Crippen LogP contribution in [0.2, 0.25) is 0 Å². The van der Waals surface area contributed by atoms with E-state index in [0.717, 1.165) is 39.0 Å². The molecule has 0 spiro atoms. The van der Waals surface area contributed by atoms with E-state index in [-0.39, 0.29) is 0 Å². The van der Waals surface area contributed by atoms with Crippen molar-refractivity contribution in [1.82, 2.24) is 4.90 Å². The fourth-order valence-electron chi connectivity index (χ4n) is 2.18. The van der Waals surface area contributed by atoms with Crippen LogP contribution in [-0.4, -0.2) is 37.2 Å². The van der Waals surface area contributed by atoms with E-state index in [1.54, 1.807) is 0 Å². The largest absolute Gasteiger partial charge is 0.377 e. The number of hydrogen-bond donors (Lipinski definition) is 0. The van der Waals surface area contributed by atoms with Gasteiger partial charge in [0.15, 0.2) is 0 Å². The molecule has 1 aliphatic rings. The minimum Gasteiger partial charge on any atom is -0.377 e. The van der Waals surface area contributed by atoms with Gasteiger partial charge in [0.05, 0.1) is 12.2 Å². The van der Waals surface area contributed by atoms with Gasteiger partial charge in [0, 0.05) is 19.6 Å². The van der Waals surface area contributed by atoms with Crippen molar-refractivity contribution in [3.8, 4) is 6.07 Å². The monoisotopic (exact) mass is 224 g/mol. The molecular weight excluding hydrogens is 200 g/mol. The van der Waals surface area contributed by atoms with Gasteiger partial charge in [0.2, 0.25) is 0 Å². The van der Waals surface area contributed by atoms with Crippen LogP contribution in [0, 0.1) is 11.3 Å². The Labute approximate surface area is 99.4 Å². The van der Waals surface area contributed by atoms with Gasteiger partial charge in [-0.25, -0.2) is 0 Å². The Kier molecular flexibility index (Phi) is 7.20. The Morgan fingerprint density at radius 1 is 1.44 bits per heavy atom. The number of hydrogen-bond acceptors (Lipinski definition) is 3. The second-order valence-electron chi connectivity index (χ2n) is 4.55. The molecule has 3 heteroatoms. The van der Waals surface area contributed by atoms with Crippen molar-refractivity contribution in [2.75, 3.05) is 26.2 Å². The highest BCUT2D eigenvalue weighted by Crippen LogP contribution is 2.14. The topological polar surface area (TPSA) is 36.3 Å². The first-order valence-corrected chi connectivity index (χ1v) is 6.57. The van der Waals surface area contributed by atoms with Crippen LogP contribution in [-0.2, 0) is 4.74 Å². The number of rotatable bonds is 7. The maximum Gasteiger partial charge on any atom is 0.0702 e. The summed E-state index contributed by atoms with van der Waals surface area (Å²) in [5.74, 6) is 0. The van der Waals surface area contributed by atoms with Crippen LogP contribution in [0.15, 0.2) is 0 Å². The summed E-state index contributed by atoms with van der Waals surface area (Å²) in [6.07, 6.45) is 6.91. The summed E-state index contributed by atoms with van der Waals surface area (Å²) in [6.45, 7) is 6.48. The second-order valence-corrected chi connectivity index (χ2v) is 4.55. The minimum absolute atomic E-state index is 0.449. The quantitative estimate of drug-likeness (QED) is 0.624. The van der Waals surface area contributed by atoms with Crippen LogP contribution in [0.25, 0.3) is 0 Å². The molecule has 0 aromatic heterocycles. The van der Waals surface area contributed by atoms with Gasteiger partial charge < -0.3 is 9.64 Å². The first-order valence-electron chi connectivity index (χ1n) is 6.57. The zero-order valence-electron chi connectivity index (χ0n) is 10.5. The van der Waals surface area contributed by atoms with Gasteiger partial charge in [0.1, 0.15) is 0 Å². The van der Waals surface area contributed by atoms with E-state index in [2.05, 4.69) is 17.9 Å². The molecular formula is C13H24N2O. The average molecular weight is 224 g/mol. The normalized spacial score (nSPS) is 21.9. The molecule has 3 nitrogen and oxygen atoms in total. The molecule has 0 aromatic carbocycles. The van der Waals surface area contributed by atoms with E-state index in [1.165, 1.54) is 19.4 Å². The van der Waals surface area contributed by atoms with Crippen LogP contribution in [0.1, 0.15) is 45.4 Å². The van der Waals surface area contributed by atoms with Crippen molar-refractivity contribution < 1.29 is 4.74 Å². The molecule has 1 heterocycles. The van der Waals surface area contributed by atoms with Crippen LogP contribution >= 0.6 is 0 Å². The summed E-state index contributed by atoms with van der Waals surface area (Å²) in [4.78, 5) is 2.49. The summed E-state index contributed by atoms with van der Waals surface area (Å²) in [5, 5.41) is 8.46. The molecule has 0 aromatic rings. The Morgan fingerprint density at radius 3 is 3.06 bits per heavy atom. The third-order valence-electron chi connectivity index (χ3n) is 3.03. The zero-order valence-corrected chi connectivity index (χ0v) is 10.5. The Morgan fingerprint density at radius 2 is 2.31 bits per heavy atom. The number of nitrogens with zero attached hydrogens (tertiary/aromatic N) is 2. The summed E-state index contributed by atoms with van der Waals surface area (Å²) in [7, 11) is 0. The molecule has 0 N–H and O–H groups in total. The standard InChI is InChI=1S/C13H24N2O/c1-2-11-16-13-7-6-10-15(12-13)9-5-3-4-8-14/h13H,2-7,9-12H2,1H3. The number of likely N-dealkylation sites (tertiary alicyclic amines) is 1. The highest BCUT2D eigenvalue weighted by molar-refractivity contribution is 4.74. The molecule has 0 bridgehead atoms. The average Bonchev–Trinajstić information content (AvgIpc) is 2.33. The smallest absolute Gasteiger partial charge is 0.0702 e. The van der Waals surface area contributed by atoms with Gasteiger partial charge in [-0.05, 0) is 45.2 Å². The number of ether oxygens (including phenoxy) is 1. The van der Waals surface area contributed by atoms with E-state index in [9.17, 15) is 0 Å². The fourth-order valence-corrected chi connectivity index (χ4v) is 2.18. The van der Waals surface area contributed by atoms with E-state index in [4.69, 9.17) is 10.00 Å². The lowest BCUT2D eigenvalue weighted by Crippen LogP contribution is -2.40. The number of nitriles is 1. The first-order chi connectivity index (χ1) is 7.86. The van der Waals surface area contributed by atoms with Gasteiger partial charge in [0.25, 0.3) is 0 Å². The lowest BCUT2D eigenvalue weighted by Gasteiger charge is -2.32. The van der Waals surface area contributed by atoms with Gasteiger partial charge in [-0.2, -0.15) is 5.26 Å². The van der Waals surface area contributed by atoms with Gasteiger partial charge in [-0.1, -0.05) is 6.92 Å². The van der Waals surface area contributed by atoms with E-state index in [1.807, 2.05) is 0 Å². The Hall–Kier alpha value is -0.590. The predicted molar refractivity (Wildman–Crippen MR) is 65.2 cm³/mol. The molecule has 16 heavy (non-hydrogen) atoms. The lowest BCUT2D eigenvalue weighted by molar-refractivity contribution is -0.000305. The second kappa shape index (κ2) is 8.55. The summed E-state index contributed by atoms with van der Waals surface area (Å²) in [6, 6.07) is 2.20. The third kappa shape index (κ3) is 5.48. The van der Waals surface area contributed by atoms with Gasteiger partial charge >= 0.3 is 0 Å². The SMILES string of the molecule is CCCOC1CCCN(CCCCC#N)C1. The third-order valence-corrected chi connectivity index (χ3v) is 3.03. The molecule has 1 atom stereocenters. The summed E-state index contributed by atoms with van der Waals surface area (Å²) in [5.41, 5.74) is 0. The van der Waals surface area contributed by atoms with Crippen molar-refractivity contribution in [2.24, 2.45) is 0 Å². The molecule has 1 aliphatic heterocycles. The van der Waals surface area contributed by atoms with Crippen LogP contribution in [0.4, 0.5) is 0 Å². The number of piperidine rings is 1. The van der Waals surface area contributed by atoms with E-state index in [0.29, 0.717) is 12.5 Å². The van der Waals surface area contributed by atoms with E-state index < -0.39 is 0 Å². The van der Waals surface area contributed by atoms with Crippen LogP contribution < -0.4 is 0 Å². The molecule has 0 amide bonds. The highest BCUT2D eigenvalue weighted by atomic mass is 16.5. The maximum absolute atomic E-state index is 8.46. The minimum atomic E-state index is 0.449. The molecule has 1 rings (SSSR count). The van der Waals surface area contributed by atoms with Crippen molar-refractivity contribution >= 4 is 0 Å². The zero-order chi connectivity index (χ0) is 11.6. The van der Waals surface area contributed by atoms with Crippen molar-refractivity contribution in [2.45, 2.75) is 51.6 Å². The molecule has 0 saturated carbocycles. The first kappa shape index (κ1) is 13.5. The molecule has 1 unspecified atom stereocenters. The van der Waals surface area contributed by atoms with Crippen molar-refractivity contribution in [1.29, 1.82) is 5.26 Å². The van der Waals surface area contributed by atoms with Gasteiger partial charge in [-0.3, -0.25) is 0 Å². The van der Waals surface area contributed by atoms with Crippen molar-refractivity contribution in [3.05, 3.63) is 0 Å². The Bertz CT molecular complexity index is 212. The maximum atomic E-state index is 8.46. The Balaban J connectivity index is 2.10. The lowest BCUT2D eigenvalue weighted by atomic mass is 10.1. The van der Waals surface area contributed by atoms with Crippen molar-refractivity contribution in [3.63, 3.8) is 0 Å². The molecule has 0 radical (unpaired) electrons. The van der Waals surface area contributed by atoms with Crippen LogP contribution in [0.3, 0.4) is 0 Å². The fraction of sp³-hybridized carbons (Fsp3) is 0.923.